The first-order valence-corrected chi connectivity index (χ1v) is 15.3. The van der Waals surface area contributed by atoms with E-state index in [1.165, 1.54) is 12.8 Å². The number of urea groups is 1. The van der Waals surface area contributed by atoms with Crippen molar-refractivity contribution in [3.8, 4) is 5.75 Å². The molecular weight excluding hydrogens is 508 g/mol. The molecule has 3 atom stereocenters. The van der Waals surface area contributed by atoms with Crippen LogP contribution in [-0.4, -0.2) is 77.7 Å². The third-order valence-electron chi connectivity index (χ3n) is 8.89. The molecule has 4 amide bonds. The second-order valence-corrected chi connectivity index (χ2v) is 12.2. The highest BCUT2D eigenvalue weighted by atomic mass is 16.5. The van der Waals surface area contributed by atoms with Crippen LogP contribution < -0.4 is 15.4 Å². The second kappa shape index (κ2) is 14.2. The molecule has 0 unspecified atom stereocenters. The molecule has 222 valence electrons. The maximum absolute atomic E-state index is 13.5. The average Bonchev–Trinajstić information content (AvgIpc) is 3.01. The van der Waals surface area contributed by atoms with Gasteiger partial charge < -0.3 is 30.3 Å². The minimum atomic E-state index is -0.372. The Bertz CT molecular complexity index is 1020. The third kappa shape index (κ3) is 7.89. The summed E-state index contributed by atoms with van der Waals surface area (Å²) in [6.45, 7) is 4.48. The Kier molecular flexibility index (Phi) is 10.7. The van der Waals surface area contributed by atoms with Gasteiger partial charge in [-0.05, 0) is 50.8 Å². The normalized spacial score (nSPS) is 23.6. The van der Waals surface area contributed by atoms with E-state index in [2.05, 4.69) is 10.6 Å². The number of carbonyl (C=O) groups excluding carboxylic acids is 3. The number of amides is 4. The molecule has 0 spiro atoms. The van der Waals surface area contributed by atoms with Gasteiger partial charge in [0.15, 0.2) is 0 Å². The van der Waals surface area contributed by atoms with E-state index in [9.17, 15) is 19.5 Å². The number of fused-ring (bicyclic) bond motifs is 1. The zero-order valence-electron chi connectivity index (χ0n) is 24.5. The molecule has 0 radical (unpaired) electrons. The number of ether oxygens (including phenoxy) is 1. The molecule has 0 aromatic heterocycles. The van der Waals surface area contributed by atoms with Crippen LogP contribution in [0.1, 0.15) is 83.6 Å². The monoisotopic (exact) mass is 556 g/mol. The molecule has 3 aliphatic rings. The molecule has 2 saturated carbocycles. The first-order valence-electron chi connectivity index (χ1n) is 15.3. The van der Waals surface area contributed by atoms with Crippen LogP contribution in [0.25, 0.3) is 0 Å². The predicted molar refractivity (Wildman–Crippen MR) is 155 cm³/mol. The Labute approximate surface area is 239 Å². The summed E-state index contributed by atoms with van der Waals surface area (Å²) in [6, 6.07) is 5.24. The van der Waals surface area contributed by atoms with Crippen LogP contribution in [0.4, 0.5) is 10.5 Å². The van der Waals surface area contributed by atoms with Crippen molar-refractivity contribution in [1.82, 2.24) is 15.1 Å². The van der Waals surface area contributed by atoms with E-state index in [0.717, 1.165) is 51.4 Å². The molecule has 3 N–H and O–H groups in total. The molecule has 0 saturated heterocycles. The van der Waals surface area contributed by atoms with E-state index >= 15 is 0 Å². The van der Waals surface area contributed by atoms with Crippen molar-refractivity contribution in [2.24, 2.45) is 11.8 Å². The Morgan fingerprint density at radius 2 is 1.77 bits per heavy atom. The van der Waals surface area contributed by atoms with Crippen LogP contribution in [-0.2, 0) is 16.0 Å². The molecule has 1 aromatic carbocycles. The van der Waals surface area contributed by atoms with Crippen LogP contribution in [0, 0.1) is 11.8 Å². The number of aliphatic hydroxyl groups is 1. The minimum absolute atomic E-state index is 0.0262. The van der Waals surface area contributed by atoms with E-state index in [1.54, 1.807) is 16.8 Å². The van der Waals surface area contributed by atoms with Gasteiger partial charge in [0.1, 0.15) is 11.9 Å². The number of anilines is 1. The van der Waals surface area contributed by atoms with E-state index in [4.69, 9.17) is 4.74 Å². The number of hydrogen-bond acceptors (Lipinski definition) is 5. The number of nitrogens with one attached hydrogen (secondary N) is 2. The van der Waals surface area contributed by atoms with Crippen molar-refractivity contribution >= 4 is 23.5 Å². The van der Waals surface area contributed by atoms with Gasteiger partial charge in [0, 0.05) is 42.7 Å². The van der Waals surface area contributed by atoms with E-state index < -0.39 is 0 Å². The SMILES string of the molecule is C[C@@H]1CN([C@H](C)CO)C(=O)Cc2cc(NC(=O)C3CCCCC3)ccc2O[C@@H]1CN(C)C(=O)NC1CCCCC1. The summed E-state index contributed by atoms with van der Waals surface area (Å²) in [5.74, 6) is 0.443. The molecule has 9 nitrogen and oxygen atoms in total. The van der Waals surface area contributed by atoms with Crippen molar-refractivity contribution in [2.45, 2.75) is 103 Å². The Hall–Kier alpha value is -2.81. The molecule has 1 aliphatic heterocycles. The van der Waals surface area contributed by atoms with E-state index in [1.807, 2.05) is 32.0 Å². The third-order valence-corrected chi connectivity index (χ3v) is 8.89. The molecule has 1 aromatic rings. The van der Waals surface area contributed by atoms with Gasteiger partial charge in [0.05, 0.1) is 25.6 Å². The fourth-order valence-corrected chi connectivity index (χ4v) is 6.22. The highest BCUT2D eigenvalue weighted by molar-refractivity contribution is 5.93. The van der Waals surface area contributed by atoms with Gasteiger partial charge in [0.2, 0.25) is 11.8 Å². The van der Waals surface area contributed by atoms with Crippen LogP contribution in [0.15, 0.2) is 18.2 Å². The molecule has 2 aliphatic carbocycles. The van der Waals surface area contributed by atoms with Gasteiger partial charge in [-0.3, -0.25) is 9.59 Å². The lowest BCUT2D eigenvalue weighted by Crippen LogP contribution is -2.50. The summed E-state index contributed by atoms with van der Waals surface area (Å²) >= 11 is 0. The molecular formula is C31H48N4O5. The van der Waals surface area contributed by atoms with Crippen molar-refractivity contribution < 1.29 is 24.2 Å². The molecule has 4 rings (SSSR count). The molecule has 40 heavy (non-hydrogen) atoms. The maximum atomic E-state index is 13.5. The summed E-state index contributed by atoms with van der Waals surface area (Å²) in [7, 11) is 1.78. The van der Waals surface area contributed by atoms with E-state index in [0.29, 0.717) is 30.1 Å². The van der Waals surface area contributed by atoms with Crippen LogP contribution in [0.2, 0.25) is 0 Å². The summed E-state index contributed by atoms with van der Waals surface area (Å²) in [4.78, 5) is 42.8. The Balaban J connectivity index is 1.53. The number of carbonyl (C=O) groups is 3. The van der Waals surface area contributed by atoms with Crippen molar-refractivity contribution in [3.63, 3.8) is 0 Å². The van der Waals surface area contributed by atoms with Crippen LogP contribution in [0.5, 0.6) is 5.75 Å². The molecule has 2 fully saturated rings. The van der Waals surface area contributed by atoms with Gasteiger partial charge in [-0.15, -0.1) is 0 Å². The topological polar surface area (TPSA) is 111 Å². The number of nitrogens with zero attached hydrogens (tertiary/aromatic N) is 2. The van der Waals surface area contributed by atoms with Gasteiger partial charge in [-0.2, -0.15) is 0 Å². The fourth-order valence-electron chi connectivity index (χ4n) is 6.22. The zero-order valence-corrected chi connectivity index (χ0v) is 24.5. The minimum Gasteiger partial charge on any atom is -0.488 e. The number of benzene rings is 1. The van der Waals surface area contributed by atoms with E-state index in [-0.39, 0.29) is 60.9 Å². The standard InChI is InChI=1S/C31H48N4O5/c1-21-18-35(22(2)20-36)29(37)17-24-16-26(32-30(38)23-10-6-4-7-11-23)14-15-27(24)40-28(21)19-34(3)31(39)33-25-12-8-5-9-13-25/h14-16,21-23,25,28,36H,4-13,17-20H2,1-3H3,(H,32,38)(H,33,39)/t21-,22-,28-/m1/s1. The average molecular weight is 557 g/mol. The summed E-state index contributed by atoms with van der Waals surface area (Å²) < 4.78 is 6.55. The lowest BCUT2D eigenvalue weighted by atomic mass is 9.88. The number of rotatable bonds is 7. The largest absolute Gasteiger partial charge is 0.488 e. The molecule has 0 bridgehead atoms. The lowest BCUT2D eigenvalue weighted by Gasteiger charge is -2.34. The summed E-state index contributed by atoms with van der Waals surface area (Å²) in [5, 5.41) is 16.1. The van der Waals surface area contributed by atoms with Crippen LogP contribution in [0.3, 0.4) is 0 Å². The van der Waals surface area contributed by atoms with Gasteiger partial charge in [0.25, 0.3) is 0 Å². The summed E-state index contributed by atoms with van der Waals surface area (Å²) in [5.41, 5.74) is 1.34. The smallest absolute Gasteiger partial charge is 0.317 e. The Morgan fingerprint density at radius 3 is 2.45 bits per heavy atom. The van der Waals surface area contributed by atoms with Crippen LogP contribution >= 0.6 is 0 Å². The zero-order chi connectivity index (χ0) is 28.6. The van der Waals surface area contributed by atoms with Crippen molar-refractivity contribution in [3.05, 3.63) is 23.8 Å². The second-order valence-electron chi connectivity index (χ2n) is 12.2. The predicted octanol–water partition coefficient (Wildman–Crippen LogP) is 4.33. The first-order chi connectivity index (χ1) is 19.2. The molecule has 9 heteroatoms. The highest BCUT2D eigenvalue weighted by Gasteiger charge is 2.32. The Morgan fingerprint density at radius 1 is 1.10 bits per heavy atom. The quantitative estimate of drug-likeness (QED) is 0.463. The molecule has 1 heterocycles. The number of likely N-dealkylation sites (N-methyl/N-ethyl adjacent to an activating group) is 1. The van der Waals surface area contributed by atoms with Crippen molar-refractivity contribution in [1.29, 1.82) is 0 Å². The maximum Gasteiger partial charge on any atom is 0.317 e. The van der Waals surface area contributed by atoms with Gasteiger partial charge >= 0.3 is 6.03 Å². The first kappa shape index (κ1) is 30.2. The van der Waals surface area contributed by atoms with Gasteiger partial charge in [-0.1, -0.05) is 45.4 Å². The number of hydrogen-bond donors (Lipinski definition) is 3. The van der Waals surface area contributed by atoms with Crippen molar-refractivity contribution in [2.75, 3.05) is 32.1 Å². The number of aliphatic hydroxyl groups excluding tert-OH is 1. The fraction of sp³-hybridized carbons (Fsp3) is 0.710. The van der Waals surface area contributed by atoms with Gasteiger partial charge in [-0.25, -0.2) is 4.79 Å². The lowest BCUT2D eigenvalue weighted by molar-refractivity contribution is -0.134. The summed E-state index contributed by atoms with van der Waals surface area (Å²) in [6.07, 6.45) is 10.4. The highest BCUT2D eigenvalue weighted by Crippen LogP contribution is 2.31.